The number of hydrogen-bond donors (Lipinski definition) is 2. The van der Waals surface area contributed by atoms with Crippen molar-refractivity contribution in [1.82, 2.24) is 5.43 Å². The fourth-order valence-electron chi connectivity index (χ4n) is 1.66. The van der Waals surface area contributed by atoms with Gasteiger partial charge in [-0.05, 0) is 60.2 Å². The molecule has 3 N–H and O–H groups in total. The molecule has 0 saturated carbocycles. The Morgan fingerprint density at radius 1 is 1.13 bits per heavy atom. The monoisotopic (exact) mass is 339 g/mol. The van der Waals surface area contributed by atoms with Gasteiger partial charge in [-0.25, -0.2) is 0 Å². The Balaban J connectivity index is 2.06. The van der Waals surface area contributed by atoms with E-state index >= 15 is 0 Å². The van der Waals surface area contributed by atoms with Gasteiger partial charge in [0, 0.05) is 0 Å². The smallest absolute Gasteiger partial charge is 0.416 e. The van der Waals surface area contributed by atoms with Gasteiger partial charge in [-0.15, -0.1) is 0 Å². The number of nitrogens with two attached hydrogens (primary N) is 1. The summed E-state index contributed by atoms with van der Waals surface area (Å²) >= 11 is 4.59. The number of nitrogens with zero attached hydrogens (tertiary/aromatic N) is 1. The number of nitrogens with one attached hydrogen (secondary N) is 1. The average molecular weight is 339 g/mol. The summed E-state index contributed by atoms with van der Waals surface area (Å²) in [5.41, 5.74) is 7.60. The molecule has 0 heterocycles. The topological polar surface area (TPSA) is 59.6 Å². The summed E-state index contributed by atoms with van der Waals surface area (Å²) in [4.78, 5) is 0. The lowest BCUT2D eigenvalue weighted by Crippen LogP contribution is -2.23. The molecule has 0 aliphatic rings. The minimum atomic E-state index is -4.41. The zero-order valence-corrected chi connectivity index (χ0v) is 12.5. The van der Waals surface area contributed by atoms with Crippen LogP contribution in [0, 0.1) is 0 Å². The second-order valence-electron chi connectivity index (χ2n) is 4.43. The Labute approximate surface area is 135 Å². The summed E-state index contributed by atoms with van der Waals surface area (Å²) in [6, 6.07) is 11.3. The van der Waals surface area contributed by atoms with E-state index in [1.807, 2.05) is 0 Å². The second kappa shape index (κ2) is 7.10. The van der Waals surface area contributed by atoms with Gasteiger partial charge in [-0.2, -0.15) is 18.3 Å². The molecular weight excluding hydrogens is 327 g/mol. The van der Waals surface area contributed by atoms with E-state index in [0.717, 1.165) is 17.7 Å². The number of ether oxygens (including phenoxy) is 1. The molecule has 8 heteroatoms. The lowest BCUT2D eigenvalue weighted by molar-refractivity contribution is -0.137. The first-order valence-electron chi connectivity index (χ1n) is 6.38. The van der Waals surface area contributed by atoms with Crippen molar-refractivity contribution in [3.63, 3.8) is 0 Å². The summed E-state index contributed by atoms with van der Waals surface area (Å²) < 4.78 is 43.3. The molecule has 4 nitrogen and oxygen atoms in total. The average Bonchev–Trinajstić information content (AvgIpc) is 2.48. The van der Waals surface area contributed by atoms with Crippen molar-refractivity contribution in [2.24, 2.45) is 10.8 Å². The molecule has 0 unspecified atom stereocenters. The summed E-state index contributed by atoms with van der Waals surface area (Å²) in [6.45, 7) is 0. The number of hydrogen-bond acceptors (Lipinski definition) is 3. The third-order valence-corrected chi connectivity index (χ3v) is 2.76. The lowest BCUT2D eigenvalue weighted by atomic mass is 10.2. The van der Waals surface area contributed by atoms with Crippen molar-refractivity contribution in [1.29, 1.82) is 0 Å². The highest BCUT2D eigenvalue weighted by Crippen LogP contribution is 2.32. The van der Waals surface area contributed by atoms with Crippen molar-refractivity contribution >= 4 is 23.5 Å². The van der Waals surface area contributed by atoms with Crippen molar-refractivity contribution in [3.8, 4) is 11.5 Å². The Hall–Kier alpha value is -2.61. The molecule has 2 aromatic rings. The molecule has 23 heavy (non-hydrogen) atoms. The highest BCUT2D eigenvalue weighted by molar-refractivity contribution is 7.80. The zero-order valence-electron chi connectivity index (χ0n) is 11.7. The Morgan fingerprint density at radius 3 is 2.43 bits per heavy atom. The second-order valence-corrected chi connectivity index (χ2v) is 4.87. The van der Waals surface area contributed by atoms with E-state index in [9.17, 15) is 13.2 Å². The van der Waals surface area contributed by atoms with Crippen LogP contribution in [0.5, 0.6) is 11.5 Å². The van der Waals surface area contributed by atoms with Crippen LogP contribution >= 0.6 is 12.2 Å². The first-order chi connectivity index (χ1) is 10.8. The number of hydrazone groups is 1. The third kappa shape index (κ3) is 5.26. The van der Waals surface area contributed by atoms with E-state index in [-0.39, 0.29) is 10.9 Å². The van der Waals surface area contributed by atoms with Gasteiger partial charge in [0.25, 0.3) is 0 Å². The van der Waals surface area contributed by atoms with E-state index in [0.29, 0.717) is 5.75 Å². The maximum absolute atomic E-state index is 12.6. The molecule has 0 aliphatic carbocycles. The minimum Gasteiger partial charge on any atom is -0.457 e. The fourth-order valence-corrected chi connectivity index (χ4v) is 1.72. The highest BCUT2D eigenvalue weighted by atomic mass is 32.1. The van der Waals surface area contributed by atoms with E-state index in [4.69, 9.17) is 10.5 Å². The largest absolute Gasteiger partial charge is 0.457 e. The van der Waals surface area contributed by atoms with Gasteiger partial charge >= 0.3 is 6.18 Å². The van der Waals surface area contributed by atoms with Crippen molar-refractivity contribution in [2.45, 2.75) is 6.18 Å². The van der Waals surface area contributed by atoms with Crippen molar-refractivity contribution in [3.05, 3.63) is 59.7 Å². The van der Waals surface area contributed by atoms with Crippen LogP contribution in [0.2, 0.25) is 0 Å². The molecule has 0 atom stereocenters. The molecule has 0 aliphatic heterocycles. The SMILES string of the molecule is NC(=S)N/N=C/c1ccc(Oc2cccc(C(F)(F)F)c2)cc1. The number of benzene rings is 2. The standard InChI is InChI=1S/C15H12F3N3OS/c16-15(17,18)11-2-1-3-13(8-11)22-12-6-4-10(5-7-12)9-20-21-14(19)23/h1-9H,(H3,19,21,23)/b20-9+. The van der Waals surface area contributed by atoms with Crippen LogP contribution in [0.15, 0.2) is 53.6 Å². The van der Waals surface area contributed by atoms with Crippen LogP contribution in [0.3, 0.4) is 0 Å². The van der Waals surface area contributed by atoms with E-state index in [1.54, 1.807) is 24.3 Å². The quantitative estimate of drug-likeness (QED) is 0.507. The van der Waals surface area contributed by atoms with Gasteiger partial charge in [-0.3, -0.25) is 5.43 Å². The molecule has 0 amide bonds. The van der Waals surface area contributed by atoms with Crippen molar-refractivity contribution in [2.75, 3.05) is 0 Å². The molecule has 0 aromatic heterocycles. The molecule has 0 saturated heterocycles. The third-order valence-electron chi connectivity index (χ3n) is 2.67. The lowest BCUT2D eigenvalue weighted by Gasteiger charge is -2.10. The normalized spacial score (nSPS) is 11.4. The summed E-state index contributed by atoms with van der Waals surface area (Å²) in [7, 11) is 0. The summed E-state index contributed by atoms with van der Waals surface area (Å²) in [6.07, 6.45) is -2.91. The van der Waals surface area contributed by atoms with E-state index in [2.05, 4.69) is 22.7 Å². The molecule has 0 radical (unpaired) electrons. The van der Waals surface area contributed by atoms with Crippen LogP contribution in [-0.2, 0) is 6.18 Å². The number of alkyl halides is 3. The maximum Gasteiger partial charge on any atom is 0.416 e. The fraction of sp³-hybridized carbons (Fsp3) is 0.0667. The molecule has 2 rings (SSSR count). The predicted octanol–water partition coefficient (Wildman–Crippen LogP) is 3.66. The Morgan fingerprint density at radius 2 is 1.83 bits per heavy atom. The zero-order chi connectivity index (χ0) is 16.9. The van der Waals surface area contributed by atoms with Gasteiger partial charge in [-0.1, -0.05) is 6.07 Å². The molecule has 0 bridgehead atoms. The van der Waals surface area contributed by atoms with Gasteiger partial charge in [0.1, 0.15) is 11.5 Å². The number of rotatable bonds is 4. The van der Waals surface area contributed by atoms with E-state index in [1.165, 1.54) is 18.3 Å². The van der Waals surface area contributed by atoms with E-state index < -0.39 is 11.7 Å². The number of halogens is 3. The highest BCUT2D eigenvalue weighted by Gasteiger charge is 2.30. The predicted molar refractivity (Wildman–Crippen MR) is 85.5 cm³/mol. The van der Waals surface area contributed by atoms with Gasteiger partial charge in [0.2, 0.25) is 0 Å². The van der Waals surface area contributed by atoms with Gasteiger partial charge < -0.3 is 10.5 Å². The minimum absolute atomic E-state index is 0.0470. The maximum atomic E-state index is 12.6. The summed E-state index contributed by atoms with van der Waals surface area (Å²) in [5.74, 6) is 0.514. The molecule has 2 aromatic carbocycles. The molecule has 0 fully saturated rings. The number of thiocarbonyl (C=S) groups is 1. The first-order valence-corrected chi connectivity index (χ1v) is 6.79. The molecular formula is C15H12F3N3OS. The Bertz CT molecular complexity index is 715. The van der Waals surface area contributed by atoms with Crippen LogP contribution in [0.1, 0.15) is 11.1 Å². The van der Waals surface area contributed by atoms with Crippen LogP contribution in [-0.4, -0.2) is 11.3 Å². The first kappa shape index (κ1) is 16.8. The van der Waals surface area contributed by atoms with Crippen LogP contribution in [0.25, 0.3) is 0 Å². The van der Waals surface area contributed by atoms with Gasteiger partial charge in [0.15, 0.2) is 5.11 Å². The Kier molecular flexibility index (Phi) is 5.17. The molecule has 120 valence electrons. The summed E-state index contributed by atoms with van der Waals surface area (Å²) in [5, 5.41) is 3.83. The van der Waals surface area contributed by atoms with Crippen LogP contribution < -0.4 is 15.9 Å². The van der Waals surface area contributed by atoms with Crippen molar-refractivity contribution < 1.29 is 17.9 Å². The molecule has 0 spiro atoms. The van der Waals surface area contributed by atoms with Crippen LogP contribution in [0.4, 0.5) is 13.2 Å². The van der Waals surface area contributed by atoms with Gasteiger partial charge in [0.05, 0.1) is 11.8 Å².